The van der Waals surface area contributed by atoms with Crippen molar-refractivity contribution in [1.82, 2.24) is 9.78 Å². The molecular weight excluding hydrogens is 358 g/mol. The third-order valence-electron chi connectivity index (χ3n) is 3.71. The largest absolute Gasteiger partial charge is 0.465 e. The van der Waals surface area contributed by atoms with Crippen LogP contribution >= 0.6 is 11.6 Å². The zero-order valence-electron chi connectivity index (χ0n) is 13.7. The molecule has 1 heterocycles. The van der Waals surface area contributed by atoms with Gasteiger partial charge in [-0.3, -0.25) is 14.3 Å². The van der Waals surface area contributed by atoms with Crippen molar-refractivity contribution < 1.29 is 14.3 Å². The van der Waals surface area contributed by atoms with E-state index in [1.807, 2.05) is 0 Å². The standard InChI is InChI=1S/C18H14ClN3O4/c1-26-18(25)13-8-11(6-7-14(13)19)21-17(24)10-22-15-5-3-2-4-12(15)16(23)9-20-22/h2-9H,10H2,1H3,(H,21,24). The lowest BCUT2D eigenvalue weighted by atomic mass is 10.2. The molecule has 2 aromatic carbocycles. The van der Waals surface area contributed by atoms with E-state index in [1.165, 1.54) is 30.1 Å². The molecule has 3 rings (SSSR count). The second-order valence-corrected chi connectivity index (χ2v) is 5.83. The van der Waals surface area contributed by atoms with Crippen molar-refractivity contribution in [2.24, 2.45) is 0 Å². The van der Waals surface area contributed by atoms with Crippen molar-refractivity contribution in [3.05, 3.63) is 69.5 Å². The maximum Gasteiger partial charge on any atom is 0.339 e. The number of nitrogens with zero attached hydrogens (tertiary/aromatic N) is 2. The average molecular weight is 372 g/mol. The summed E-state index contributed by atoms with van der Waals surface area (Å²) in [6.07, 6.45) is 1.17. The Hall–Kier alpha value is -3.19. The van der Waals surface area contributed by atoms with Crippen molar-refractivity contribution in [2.45, 2.75) is 6.54 Å². The van der Waals surface area contributed by atoms with Crippen molar-refractivity contribution in [3.63, 3.8) is 0 Å². The van der Waals surface area contributed by atoms with Gasteiger partial charge in [-0.15, -0.1) is 0 Å². The number of methoxy groups -OCH3 is 1. The molecule has 26 heavy (non-hydrogen) atoms. The first-order chi connectivity index (χ1) is 12.5. The number of esters is 1. The Morgan fingerprint density at radius 2 is 2.00 bits per heavy atom. The SMILES string of the molecule is COC(=O)c1cc(NC(=O)Cn2ncc(=O)c3ccccc32)ccc1Cl. The molecule has 0 unspecified atom stereocenters. The topological polar surface area (TPSA) is 90.3 Å². The molecule has 0 saturated carbocycles. The van der Waals surface area contributed by atoms with Crippen LogP contribution in [0, 0.1) is 0 Å². The quantitative estimate of drug-likeness (QED) is 0.711. The summed E-state index contributed by atoms with van der Waals surface area (Å²) in [5.41, 5.74) is 0.892. The number of aromatic nitrogens is 2. The smallest absolute Gasteiger partial charge is 0.339 e. The van der Waals surface area contributed by atoms with Gasteiger partial charge in [-0.1, -0.05) is 23.7 Å². The molecule has 8 heteroatoms. The number of carbonyl (C=O) groups excluding carboxylic acids is 2. The monoisotopic (exact) mass is 371 g/mol. The fourth-order valence-electron chi connectivity index (χ4n) is 2.49. The van der Waals surface area contributed by atoms with Crippen LogP contribution in [0.5, 0.6) is 0 Å². The molecule has 132 valence electrons. The van der Waals surface area contributed by atoms with Gasteiger partial charge in [0.25, 0.3) is 0 Å². The van der Waals surface area contributed by atoms with E-state index in [0.717, 1.165) is 0 Å². The molecule has 1 N–H and O–H groups in total. The highest BCUT2D eigenvalue weighted by molar-refractivity contribution is 6.33. The van der Waals surface area contributed by atoms with Gasteiger partial charge < -0.3 is 10.1 Å². The van der Waals surface area contributed by atoms with Gasteiger partial charge in [0.1, 0.15) is 6.54 Å². The van der Waals surface area contributed by atoms with Crippen LogP contribution in [0.15, 0.2) is 53.5 Å². The first-order valence-corrected chi connectivity index (χ1v) is 8.00. The number of anilines is 1. The Bertz CT molecular complexity index is 1060. The minimum Gasteiger partial charge on any atom is -0.465 e. The summed E-state index contributed by atoms with van der Waals surface area (Å²) in [6.45, 7) is -0.100. The Morgan fingerprint density at radius 1 is 1.23 bits per heavy atom. The lowest BCUT2D eigenvalue weighted by molar-refractivity contribution is -0.116. The summed E-state index contributed by atoms with van der Waals surface area (Å²) < 4.78 is 6.09. The van der Waals surface area contributed by atoms with E-state index in [-0.39, 0.29) is 28.5 Å². The summed E-state index contributed by atoms with van der Waals surface area (Å²) in [6, 6.07) is 11.4. The maximum absolute atomic E-state index is 12.3. The fraction of sp³-hybridized carbons (Fsp3) is 0.111. The first-order valence-electron chi connectivity index (χ1n) is 7.62. The van der Waals surface area contributed by atoms with E-state index in [2.05, 4.69) is 15.2 Å². The number of carbonyl (C=O) groups is 2. The lowest BCUT2D eigenvalue weighted by Gasteiger charge is -2.11. The highest BCUT2D eigenvalue weighted by Crippen LogP contribution is 2.21. The van der Waals surface area contributed by atoms with Crippen LogP contribution in [0.25, 0.3) is 10.9 Å². The molecule has 7 nitrogen and oxygen atoms in total. The summed E-state index contributed by atoms with van der Waals surface area (Å²) >= 11 is 5.96. The third kappa shape index (κ3) is 3.57. The number of para-hydroxylation sites is 1. The number of ether oxygens (including phenoxy) is 1. The van der Waals surface area contributed by atoms with Gasteiger partial charge in [-0.05, 0) is 30.3 Å². The second kappa shape index (κ2) is 7.37. The molecule has 0 fully saturated rings. The van der Waals surface area contributed by atoms with Crippen molar-refractivity contribution in [2.75, 3.05) is 12.4 Å². The fourth-order valence-corrected chi connectivity index (χ4v) is 2.69. The summed E-state index contributed by atoms with van der Waals surface area (Å²) in [4.78, 5) is 35.9. The normalized spacial score (nSPS) is 10.5. The van der Waals surface area contributed by atoms with E-state index in [0.29, 0.717) is 16.6 Å². The van der Waals surface area contributed by atoms with E-state index in [9.17, 15) is 14.4 Å². The van der Waals surface area contributed by atoms with Crippen molar-refractivity contribution in [1.29, 1.82) is 0 Å². The number of benzene rings is 2. The maximum atomic E-state index is 12.3. The van der Waals surface area contributed by atoms with Gasteiger partial charge in [0.15, 0.2) is 0 Å². The third-order valence-corrected chi connectivity index (χ3v) is 4.04. The number of fused-ring (bicyclic) bond motifs is 1. The zero-order chi connectivity index (χ0) is 18.7. The molecule has 0 aliphatic carbocycles. The molecule has 0 bridgehead atoms. The molecule has 0 atom stereocenters. The predicted molar refractivity (Wildman–Crippen MR) is 97.4 cm³/mol. The molecule has 0 radical (unpaired) electrons. The van der Waals surface area contributed by atoms with Crippen molar-refractivity contribution >= 4 is 40.1 Å². The molecule has 0 aliphatic heterocycles. The van der Waals surface area contributed by atoms with Crippen LogP contribution in [0.2, 0.25) is 5.02 Å². The van der Waals surface area contributed by atoms with E-state index < -0.39 is 5.97 Å². The van der Waals surface area contributed by atoms with Crippen LogP contribution in [-0.2, 0) is 16.1 Å². The van der Waals surface area contributed by atoms with E-state index >= 15 is 0 Å². The Labute approximate surface area is 153 Å². The molecule has 3 aromatic rings. The highest BCUT2D eigenvalue weighted by atomic mass is 35.5. The number of amides is 1. The highest BCUT2D eigenvalue weighted by Gasteiger charge is 2.13. The molecule has 0 spiro atoms. The Morgan fingerprint density at radius 3 is 2.77 bits per heavy atom. The Balaban J connectivity index is 1.83. The predicted octanol–water partition coefficient (Wildman–Crippen LogP) is 2.48. The summed E-state index contributed by atoms with van der Waals surface area (Å²) in [5.74, 6) is -0.969. The van der Waals surface area contributed by atoms with Crippen LogP contribution in [0.3, 0.4) is 0 Å². The molecule has 1 aromatic heterocycles. The van der Waals surface area contributed by atoms with Crippen LogP contribution < -0.4 is 10.7 Å². The molecule has 1 amide bonds. The number of hydrogen-bond acceptors (Lipinski definition) is 5. The lowest BCUT2D eigenvalue weighted by Crippen LogP contribution is -2.22. The Kier molecular flexibility index (Phi) is 4.99. The van der Waals surface area contributed by atoms with E-state index in [1.54, 1.807) is 30.3 Å². The van der Waals surface area contributed by atoms with E-state index in [4.69, 9.17) is 11.6 Å². The van der Waals surface area contributed by atoms with Gasteiger partial charge in [-0.2, -0.15) is 5.10 Å². The van der Waals surface area contributed by atoms with Gasteiger partial charge >= 0.3 is 5.97 Å². The van der Waals surface area contributed by atoms with Crippen molar-refractivity contribution in [3.8, 4) is 0 Å². The van der Waals surface area contributed by atoms with Gasteiger partial charge in [0.2, 0.25) is 11.3 Å². The molecule has 0 aliphatic rings. The number of rotatable bonds is 4. The minimum atomic E-state index is -0.598. The minimum absolute atomic E-state index is 0.100. The second-order valence-electron chi connectivity index (χ2n) is 5.42. The average Bonchev–Trinajstić information content (AvgIpc) is 2.65. The number of halogens is 1. The first kappa shape index (κ1) is 17.6. The molecule has 0 saturated heterocycles. The van der Waals surface area contributed by atoms with Crippen LogP contribution in [0.1, 0.15) is 10.4 Å². The number of nitrogens with one attached hydrogen (secondary N) is 1. The summed E-state index contributed by atoms with van der Waals surface area (Å²) in [5, 5.41) is 7.39. The van der Waals surface area contributed by atoms with Gasteiger partial charge in [0.05, 0.1) is 29.4 Å². The van der Waals surface area contributed by atoms with Gasteiger partial charge in [0, 0.05) is 11.1 Å². The number of hydrogen-bond donors (Lipinski definition) is 1. The van der Waals surface area contributed by atoms with Crippen LogP contribution in [0.4, 0.5) is 5.69 Å². The molecular formula is C18H14ClN3O4. The summed E-state index contributed by atoms with van der Waals surface area (Å²) in [7, 11) is 1.25. The zero-order valence-corrected chi connectivity index (χ0v) is 14.5. The van der Waals surface area contributed by atoms with Crippen LogP contribution in [-0.4, -0.2) is 28.8 Å². The van der Waals surface area contributed by atoms with Gasteiger partial charge in [-0.25, -0.2) is 4.79 Å².